The zero-order valence-corrected chi connectivity index (χ0v) is 37.8. The fourth-order valence-electron chi connectivity index (χ4n) is 10.9. The second-order valence-electron chi connectivity index (χ2n) is 18.3. The van der Waals surface area contributed by atoms with E-state index in [1.165, 1.54) is 19.6 Å². The number of carbonyl (C=O) groups excluding carboxylic acids is 3. The average molecular weight is 887 g/mol. The number of ether oxygens (including phenoxy) is 2. The molecule has 0 saturated carbocycles. The lowest BCUT2D eigenvalue weighted by Gasteiger charge is -2.47. The monoisotopic (exact) mass is 886 g/mol. The predicted molar refractivity (Wildman–Crippen MR) is 257 cm³/mol. The van der Waals surface area contributed by atoms with Crippen LogP contribution in [0.2, 0.25) is 0 Å². The lowest BCUT2D eigenvalue weighted by Crippen LogP contribution is -2.38. The van der Waals surface area contributed by atoms with Crippen LogP contribution in [0.1, 0.15) is 92.5 Å². The second-order valence-corrected chi connectivity index (χ2v) is 18.3. The number of aromatic hydroxyl groups is 2. The van der Waals surface area contributed by atoms with Crippen molar-refractivity contribution < 1.29 is 34.1 Å². The van der Waals surface area contributed by atoms with E-state index >= 15 is 0 Å². The van der Waals surface area contributed by atoms with E-state index in [2.05, 4.69) is 94.5 Å². The van der Waals surface area contributed by atoms with Crippen molar-refractivity contribution in [2.24, 2.45) is 11.3 Å². The van der Waals surface area contributed by atoms with Crippen LogP contribution in [0, 0.1) is 11.3 Å². The van der Waals surface area contributed by atoms with Gasteiger partial charge < -0.3 is 39.5 Å². The van der Waals surface area contributed by atoms with Gasteiger partial charge in [0.1, 0.15) is 29.2 Å². The number of phenols is 2. The van der Waals surface area contributed by atoms with E-state index in [4.69, 9.17) is 9.47 Å². The summed E-state index contributed by atoms with van der Waals surface area (Å²) in [6.45, 7) is 3.98. The molecule has 3 aromatic carbocycles. The molecule has 1 spiro atoms. The van der Waals surface area contributed by atoms with E-state index < -0.39 is 18.1 Å². The first-order valence-electron chi connectivity index (χ1n) is 23.1. The van der Waals surface area contributed by atoms with E-state index in [9.17, 15) is 24.6 Å². The van der Waals surface area contributed by atoms with Gasteiger partial charge in [0.05, 0.1) is 18.8 Å². The Morgan fingerprint density at radius 1 is 0.939 bits per heavy atom. The Balaban J connectivity index is 1.23. The molecule has 0 fully saturated rings. The van der Waals surface area contributed by atoms with Crippen LogP contribution in [-0.4, -0.2) is 63.6 Å². The van der Waals surface area contributed by atoms with Gasteiger partial charge in [0.25, 0.3) is 0 Å². The fraction of sp³-hybridized carbons (Fsp3) is 0.327. The van der Waals surface area contributed by atoms with Gasteiger partial charge in [-0.15, -0.1) is 0 Å². The van der Waals surface area contributed by atoms with Gasteiger partial charge in [-0.3, -0.25) is 14.4 Å². The third-order valence-electron chi connectivity index (χ3n) is 14.1. The van der Waals surface area contributed by atoms with Crippen LogP contribution in [0.4, 0.5) is 5.69 Å². The molecule has 0 radical (unpaired) electrons. The summed E-state index contributed by atoms with van der Waals surface area (Å²) in [6.07, 6.45) is 28.6. The molecule has 4 bridgehead atoms. The Labute approximate surface area is 385 Å². The van der Waals surface area contributed by atoms with Crippen molar-refractivity contribution in [3.63, 3.8) is 0 Å². The molecule has 5 aromatic rings. The van der Waals surface area contributed by atoms with E-state index in [-0.39, 0.29) is 59.1 Å². The Hall–Kier alpha value is -7.01. The minimum absolute atomic E-state index is 0.00818. The molecule has 6 unspecified atom stereocenters. The first-order valence-corrected chi connectivity index (χ1v) is 23.1. The molecule has 9 rings (SSSR count). The molecular formula is C55H58N4O7. The van der Waals surface area contributed by atoms with Gasteiger partial charge in [-0.2, -0.15) is 0 Å². The number of rotatable bonds is 7. The van der Waals surface area contributed by atoms with Gasteiger partial charge in [-0.25, -0.2) is 0 Å². The number of hydrogen-bond acceptors (Lipinski definition) is 9. The second kappa shape index (κ2) is 18.8. The van der Waals surface area contributed by atoms with Gasteiger partial charge in [0.15, 0.2) is 11.5 Å². The van der Waals surface area contributed by atoms with E-state index in [0.29, 0.717) is 44.5 Å². The molecule has 4 heterocycles. The van der Waals surface area contributed by atoms with Crippen LogP contribution < -0.4 is 15.0 Å². The fourth-order valence-corrected chi connectivity index (χ4v) is 10.9. The lowest BCUT2D eigenvalue weighted by molar-refractivity contribution is -0.148. The summed E-state index contributed by atoms with van der Waals surface area (Å²) in [6, 6.07) is 18.3. The Kier molecular flexibility index (Phi) is 12.6. The summed E-state index contributed by atoms with van der Waals surface area (Å²) >= 11 is 0. The molecule has 340 valence electrons. The van der Waals surface area contributed by atoms with Crippen molar-refractivity contribution in [1.82, 2.24) is 14.9 Å². The summed E-state index contributed by atoms with van der Waals surface area (Å²) < 4.78 is 13.6. The summed E-state index contributed by atoms with van der Waals surface area (Å²) in [5.74, 6) is 0.902. The number of esters is 1. The Bertz CT molecular complexity index is 2810. The minimum Gasteiger partial charge on any atom is -0.508 e. The highest BCUT2D eigenvalue weighted by Crippen LogP contribution is 2.55. The van der Waals surface area contributed by atoms with Gasteiger partial charge >= 0.3 is 5.97 Å². The van der Waals surface area contributed by atoms with Crippen LogP contribution in [0.15, 0.2) is 145 Å². The quantitative estimate of drug-likeness (QED) is 0.0927. The number of fused-ring (bicyclic) bond motifs is 4. The number of nitrogens with zero attached hydrogens (tertiary/aromatic N) is 2. The van der Waals surface area contributed by atoms with Gasteiger partial charge in [-0.05, 0) is 103 Å². The summed E-state index contributed by atoms with van der Waals surface area (Å²) in [7, 11) is 1.50. The lowest BCUT2D eigenvalue weighted by atomic mass is 9.57. The predicted octanol–water partition coefficient (Wildman–Crippen LogP) is 10.0. The van der Waals surface area contributed by atoms with Gasteiger partial charge in [0, 0.05) is 92.1 Å². The number of nitrogens with one attached hydrogen (secondary N) is 2. The summed E-state index contributed by atoms with van der Waals surface area (Å²) in [4.78, 5) is 45.8. The van der Waals surface area contributed by atoms with Crippen molar-refractivity contribution in [2.45, 2.75) is 82.8 Å². The molecular weight excluding hydrogens is 829 g/mol. The number of H-pyrrole nitrogens is 1. The maximum absolute atomic E-state index is 14.6. The molecule has 0 saturated heterocycles. The number of allylic oxidation sites excluding steroid dienone is 8. The van der Waals surface area contributed by atoms with Crippen molar-refractivity contribution in [2.75, 3.05) is 25.1 Å². The smallest absolute Gasteiger partial charge is 0.302 e. The molecule has 11 nitrogen and oxygen atoms in total. The zero-order valence-electron chi connectivity index (χ0n) is 37.8. The topological polar surface area (TPSA) is 146 Å². The van der Waals surface area contributed by atoms with Crippen LogP contribution in [-0.2, 0) is 25.5 Å². The number of aromatic amines is 1. The largest absolute Gasteiger partial charge is 0.508 e. The molecule has 6 atom stereocenters. The normalized spacial score (nSPS) is 24.3. The number of dihydropyridines is 1. The van der Waals surface area contributed by atoms with Gasteiger partial charge in [-0.1, -0.05) is 72.9 Å². The third kappa shape index (κ3) is 8.99. The van der Waals surface area contributed by atoms with E-state index in [1.807, 2.05) is 41.1 Å². The van der Waals surface area contributed by atoms with Crippen LogP contribution in [0.25, 0.3) is 10.8 Å². The Morgan fingerprint density at radius 3 is 2.62 bits per heavy atom. The molecule has 2 aliphatic carbocycles. The number of methoxy groups -OCH3 is 1. The Morgan fingerprint density at radius 2 is 1.80 bits per heavy atom. The zero-order chi connectivity index (χ0) is 46.0. The molecule has 4 N–H and O–H groups in total. The molecule has 66 heavy (non-hydrogen) atoms. The number of hydrogen-bond donors (Lipinski definition) is 4. The first-order chi connectivity index (χ1) is 32.0. The van der Waals surface area contributed by atoms with Crippen LogP contribution in [0.3, 0.4) is 0 Å². The van der Waals surface area contributed by atoms with Crippen LogP contribution in [0.5, 0.6) is 17.2 Å². The summed E-state index contributed by atoms with van der Waals surface area (Å²) in [5, 5.41) is 27.0. The highest BCUT2D eigenvalue weighted by atomic mass is 16.5. The molecule has 0 amide bonds. The number of ketones is 2. The van der Waals surface area contributed by atoms with Crippen molar-refractivity contribution in [1.29, 1.82) is 0 Å². The van der Waals surface area contributed by atoms with Crippen molar-refractivity contribution >= 4 is 34.0 Å². The highest BCUT2D eigenvalue weighted by Gasteiger charge is 2.46. The highest BCUT2D eigenvalue weighted by molar-refractivity contribution is 5.95. The molecule has 2 aromatic heterocycles. The van der Waals surface area contributed by atoms with E-state index in [1.54, 1.807) is 25.1 Å². The van der Waals surface area contributed by atoms with E-state index in [0.717, 1.165) is 51.0 Å². The van der Waals surface area contributed by atoms with Crippen molar-refractivity contribution in [3.05, 3.63) is 168 Å². The maximum Gasteiger partial charge on any atom is 0.302 e. The average Bonchev–Trinajstić information content (AvgIpc) is 3.96. The first kappa shape index (κ1) is 44.2. The minimum atomic E-state index is -0.655. The maximum atomic E-state index is 14.6. The number of Topliss-reactive ketones (excluding diaryl/α,β-unsaturated/α-hetero) is 2. The molecule has 11 heteroatoms. The third-order valence-corrected chi connectivity index (χ3v) is 14.1. The van der Waals surface area contributed by atoms with Crippen molar-refractivity contribution in [3.8, 4) is 17.2 Å². The number of phenolic OH excluding ortho intramolecular Hbond substituents is 2. The van der Waals surface area contributed by atoms with Crippen LogP contribution >= 0.6 is 0 Å². The number of benzene rings is 3. The standard InChI is InChI=1S/C55H58N4O7/c1-35(60)20-24-59-50-15-7-10-40-33-58(34-48(40)50)51(39-16-17-52(64)53(27-39)65-3)30-44(63)29-45(66-36(2)61)18-22-55-21-5-4-11-42(55)12-8-14-49(55)47-32-56-31-41(47)26-46(37-9-6-13-43(62)25-37)38-19-23-57-54(59)28-38/h4-11,13-17,19,21,25,27-28,31-34,42,45-46,49,51,56-57,62,64H,12,18,20,22-24,26,29-30H2,1-3H3. The summed E-state index contributed by atoms with van der Waals surface area (Å²) in [5.41, 5.74) is 5.69. The van der Waals surface area contributed by atoms with Gasteiger partial charge in [0.2, 0.25) is 0 Å². The number of aromatic nitrogens is 2. The molecule has 2 aliphatic heterocycles. The molecule has 4 aliphatic rings. The SMILES string of the molecule is COc1cc(C2CC(=O)CC(OC(C)=O)CCC34C=CC=CC3CC=CC4c3c[nH]cc3CC(c3cccc(O)c3)C3=CCNC(=C3)N(CCC(C)=O)c3cccc4cn2cc34)ccc1O. The number of anilines is 1. The number of carbonyl (C=O) groups is 3.